The Balaban J connectivity index is 1.72. The molecule has 0 atom stereocenters. The van der Waals surface area contributed by atoms with E-state index in [1.54, 1.807) is 11.6 Å². The number of fused-ring (bicyclic) bond motifs is 1. The van der Waals surface area contributed by atoms with Crippen LogP contribution in [-0.2, 0) is 6.54 Å². The van der Waals surface area contributed by atoms with Crippen LogP contribution in [0.15, 0.2) is 47.5 Å². The van der Waals surface area contributed by atoms with Crippen molar-refractivity contribution in [2.24, 2.45) is 5.92 Å². The molecule has 2 heterocycles. The Kier molecular flexibility index (Phi) is 3.84. The van der Waals surface area contributed by atoms with E-state index in [4.69, 9.17) is 4.74 Å². The van der Waals surface area contributed by atoms with Crippen molar-refractivity contribution in [3.8, 4) is 17.0 Å². The molecule has 124 valence electrons. The largest absolute Gasteiger partial charge is 0.497 e. The molecule has 2 aromatic heterocycles. The Bertz CT molecular complexity index is 920. The lowest BCUT2D eigenvalue weighted by Crippen LogP contribution is -2.24. The van der Waals surface area contributed by atoms with E-state index in [9.17, 15) is 4.79 Å². The van der Waals surface area contributed by atoms with Crippen LogP contribution in [0.2, 0.25) is 0 Å². The van der Waals surface area contributed by atoms with Gasteiger partial charge < -0.3 is 9.30 Å². The molecule has 1 aliphatic rings. The van der Waals surface area contributed by atoms with E-state index in [0.717, 1.165) is 23.6 Å². The van der Waals surface area contributed by atoms with Gasteiger partial charge in [0, 0.05) is 24.5 Å². The van der Waals surface area contributed by atoms with E-state index in [0.29, 0.717) is 11.4 Å². The third kappa shape index (κ3) is 2.70. The Morgan fingerprint density at radius 2 is 2.04 bits per heavy atom. The number of rotatable bonds is 4. The standard InChI is InChI=1S/C19H21N3O2/c1-24-16-8-4-7-15(11-16)17-12-18-19(23)21(9-10-22(18)20-17)13-14-5-2-3-6-14/h4,7-12,14H,2-3,5-6,13H2,1H3. The van der Waals surface area contributed by atoms with Gasteiger partial charge in [0.15, 0.2) is 0 Å². The van der Waals surface area contributed by atoms with Gasteiger partial charge in [0.1, 0.15) is 11.3 Å². The van der Waals surface area contributed by atoms with Gasteiger partial charge in [0.2, 0.25) is 0 Å². The highest BCUT2D eigenvalue weighted by atomic mass is 16.5. The molecule has 1 aliphatic carbocycles. The molecule has 1 fully saturated rings. The second-order valence-corrected chi connectivity index (χ2v) is 6.50. The lowest BCUT2D eigenvalue weighted by molar-refractivity contribution is 0.415. The Morgan fingerprint density at radius 3 is 2.83 bits per heavy atom. The van der Waals surface area contributed by atoms with Crippen LogP contribution >= 0.6 is 0 Å². The molecule has 24 heavy (non-hydrogen) atoms. The quantitative estimate of drug-likeness (QED) is 0.740. The van der Waals surface area contributed by atoms with E-state index in [-0.39, 0.29) is 5.56 Å². The smallest absolute Gasteiger partial charge is 0.276 e. The Morgan fingerprint density at radius 1 is 1.21 bits per heavy atom. The lowest BCUT2D eigenvalue weighted by Gasteiger charge is -2.11. The van der Waals surface area contributed by atoms with E-state index in [2.05, 4.69) is 5.10 Å². The molecule has 0 bridgehead atoms. The monoisotopic (exact) mass is 323 g/mol. The van der Waals surface area contributed by atoms with Gasteiger partial charge in [0.05, 0.1) is 12.8 Å². The minimum Gasteiger partial charge on any atom is -0.497 e. The average Bonchev–Trinajstić information content (AvgIpc) is 3.27. The first-order chi connectivity index (χ1) is 11.7. The summed E-state index contributed by atoms with van der Waals surface area (Å²) in [5.41, 5.74) is 2.38. The maximum atomic E-state index is 12.8. The van der Waals surface area contributed by atoms with Crippen molar-refractivity contribution in [2.45, 2.75) is 32.2 Å². The van der Waals surface area contributed by atoms with Gasteiger partial charge in [-0.1, -0.05) is 25.0 Å². The van der Waals surface area contributed by atoms with Gasteiger partial charge in [-0.05, 0) is 37.0 Å². The maximum absolute atomic E-state index is 12.8. The maximum Gasteiger partial charge on any atom is 0.276 e. The first kappa shape index (κ1) is 15.0. The molecule has 0 radical (unpaired) electrons. The molecule has 5 nitrogen and oxygen atoms in total. The fourth-order valence-corrected chi connectivity index (χ4v) is 3.56. The molecule has 0 saturated heterocycles. The summed E-state index contributed by atoms with van der Waals surface area (Å²) in [4.78, 5) is 12.8. The molecule has 4 rings (SSSR count). The predicted octanol–water partition coefficient (Wildman–Crippen LogP) is 3.36. The number of aromatic nitrogens is 3. The zero-order chi connectivity index (χ0) is 16.5. The number of hydrogen-bond donors (Lipinski definition) is 0. The average molecular weight is 323 g/mol. The van der Waals surface area contributed by atoms with Crippen LogP contribution in [0.1, 0.15) is 25.7 Å². The lowest BCUT2D eigenvalue weighted by atomic mass is 10.1. The second kappa shape index (κ2) is 6.15. The minimum absolute atomic E-state index is 0.0334. The summed E-state index contributed by atoms with van der Waals surface area (Å²) < 4.78 is 8.77. The molecule has 0 amide bonds. The fraction of sp³-hybridized carbons (Fsp3) is 0.368. The van der Waals surface area contributed by atoms with Crippen LogP contribution in [0.3, 0.4) is 0 Å². The van der Waals surface area contributed by atoms with Crippen LogP contribution < -0.4 is 10.3 Å². The highest BCUT2D eigenvalue weighted by Gasteiger charge is 2.17. The summed E-state index contributed by atoms with van der Waals surface area (Å²) in [5, 5.41) is 4.54. The topological polar surface area (TPSA) is 48.5 Å². The predicted molar refractivity (Wildman–Crippen MR) is 93.4 cm³/mol. The number of nitrogens with zero attached hydrogens (tertiary/aromatic N) is 3. The van der Waals surface area contributed by atoms with E-state index >= 15 is 0 Å². The molecule has 1 aromatic carbocycles. The highest BCUT2D eigenvalue weighted by molar-refractivity contribution is 5.66. The van der Waals surface area contributed by atoms with Gasteiger partial charge >= 0.3 is 0 Å². The Hall–Kier alpha value is -2.56. The van der Waals surface area contributed by atoms with Crippen molar-refractivity contribution in [1.82, 2.24) is 14.2 Å². The van der Waals surface area contributed by atoms with Crippen LogP contribution in [0, 0.1) is 5.92 Å². The third-order valence-corrected chi connectivity index (χ3v) is 4.90. The molecular formula is C19H21N3O2. The summed E-state index contributed by atoms with van der Waals surface area (Å²) in [5.74, 6) is 1.41. The van der Waals surface area contributed by atoms with Crippen LogP contribution in [-0.4, -0.2) is 21.3 Å². The van der Waals surface area contributed by atoms with Crippen molar-refractivity contribution in [3.63, 3.8) is 0 Å². The van der Waals surface area contributed by atoms with E-state index in [1.165, 1.54) is 25.7 Å². The van der Waals surface area contributed by atoms with Crippen molar-refractivity contribution in [3.05, 3.63) is 53.1 Å². The molecular weight excluding hydrogens is 302 g/mol. The Labute approximate surface area is 140 Å². The molecule has 0 aliphatic heterocycles. The molecule has 1 saturated carbocycles. The fourth-order valence-electron chi connectivity index (χ4n) is 3.56. The highest BCUT2D eigenvalue weighted by Crippen LogP contribution is 2.26. The number of benzene rings is 1. The summed E-state index contributed by atoms with van der Waals surface area (Å²) in [6, 6.07) is 9.59. The first-order valence-corrected chi connectivity index (χ1v) is 8.48. The molecule has 3 aromatic rings. The summed E-state index contributed by atoms with van der Waals surface area (Å²) in [6.07, 6.45) is 8.76. The SMILES string of the molecule is COc1cccc(-c2cc3c(=O)n(CC4CCCC4)ccn3n2)c1. The number of hydrogen-bond acceptors (Lipinski definition) is 3. The van der Waals surface area contributed by atoms with Crippen molar-refractivity contribution in [1.29, 1.82) is 0 Å². The third-order valence-electron chi connectivity index (χ3n) is 4.90. The number of methoxy groups -OCH3 is 1. The van der Waals surface area contributed by atoms with Crippen molar-refractivity contribution >= 4 is 5.52 Å². The van der Waals surface area contributed by atoms with Gasteiger partial charge in [-0.3, -0.25) is 4.79 Å². The number of ether oxygens (including phenoxy) is 1. The van der Waals surface area contributed by atoms with Gasteiger partial charge in [-0.25, -0.2) is 4.52 Å². The van der Waals surface area contributed by atoms with Crippen molar-refractivity contribution in [2.75, 3.05) is 7.11 Å². The van der Waals surface area contributed by atoms with Crippen LogP contribution in [0.5, 0.6) is 5.75 Å². The zero-order valence-electron chi connectivity index (χ0n) is 13.8. The normalized spacial score (nSPS) is 15.2. The second-order valence-electron chi connectivity index (χ2n) is 6.50. The minimum atomic E-state index is 0.0334. The molecule has 0 spiro atoms. The van der Waals surface area contributed by atoms with Gasteiger partial charge in [0.25, 0.3) is 5.56 Å². The van der Waals surface area contributed by atoms with E-state index in [1.807, 2.05) is 47.3 Å². The van der Waals surface area contributed by atoms with E-state index < -0.39 is 0 Å². The van der Waals surface area contributed by atoms with Gasteiger partial charge in [-0.2, -0.15) is 5.10 Å². The summed E-state index contributed by atoms with van der Waals surface area (Å²) in [7, 11) is 1.64. The van der Waals surface area contributed by atoms with Crippen molar-refractivity contribution < 1.29 is 4.74 Å². The van der Waals surface area contributed by atoms with Crippen LogP contribution in [0.4, 0.5) is 0 Å². The molecule has 0 unspecified atom stereocenters. The first-order valence-electron chi connectivity index (χ1n) is 8.48. The summed E-state index contributed by atoms with van der Waals surface area (Å²) >= 11 is 0. The molecule has 5 heteroatoms. The molecule has 0 N–H and O–H groups in total. The van der Waals surface area contributed by atoms with Gasteiger partial charge in [-0.15, -0.1) is 0 Å². The summed E-state index contributed by atoms with van der Waals surface area (Å²) in [6.45, 7) is 0.814. The zero-order valence-corrected chi connectivity index (χ0v) is 13.8. The van der Waals surface area contributed by atoms with Crippen LogP contribution in [0.25, 0.3) is 16.8 Å².